The Labute approximate surface area is 94.6 Å². The van der Waals surface area contributed by atoms with Crippen molar-refractivity contribution in [2.45, 2.75) is 20.8 Å². The van der Waals surface area contributed by atoms with Gasteiger partial charge >= 0.3 is 0 Å². The normalized spacial score (nSPS) is 10.6. The van der Waals surface area contributed by atoms with Crippen LogP contribution in [0.3, 0.4) is 0 Å². The molecule has 1 aromatic heterocycles. The fourth-order valence-corrected chi connectivity index (χ4v) is 2.03. The van der Waals surface area contributed by atoms with Crippen molar-refractivity contribution >= 4 is 12.2 Å². The molecule has 2 rings (SSSR count). The highest BCUT2D eigenvalue weighted by molar-refractivity contribution is 7.71. The van der Waals surface area contributed by atoms with Crippen LogP contribution in [-0.4, -0.2) is 9.55 Å². The first-order valence-electron chi connectivity index (χ1n) is 4.95. The number of aryl methyl sites for hydroxylation is 2. The average molecular weight is 218 g/mol. The fourth-order valence-electron chi connectivity index (χ4n) is 1.73. The van der Waals surface area contributed by atoms with Crippen molar-refractivity contribution in [3.8, 4) is 5.69 Å². The summed E-state index contributed by atoms with van der Waals surface area (Å²) >= 11 is 5.27. The van der Waals surface area contributed by atoms with Crippen molar-refractivity contribution < 1.29 is 0 Å². The highest BCUT2D eigenvalue weighted by Crippen LogP contribution is 2.19. The Kier molecular flexibility index (Phi) is 2.49. The van der Waals surface area contributed by atoms with E-state index < -0.39 is 0 Å². The molecule has 2 aromatic rings. The summed E-state index contributed by atoms with van der Waals surface area (Å²) in [6, 6.07) is 6.27. The topological polar surface area (TPSA) is 20.7 Å². The van der Waals surface area contributed by atoms with Crippen LogP contribution >= 0.6 is 12.2 Å². The molecule has 0 spiro atoms. The molecule has 0 unspecified atom stereocenters. The lowest BCUT2D eigenvalue weighted by Gasteiger charge is -2.10. The van der Waals surface area contributed by atoms with Crippen LogP contribution in [0.2, 0.25) is 0 Å². The van der Waals surface area contributed by atoms with Crippen molar-refractivity contribution in [3.05, 3.63) is 46.0 Å². The third-order valence-electron chi connectivity index (χ3n) is 2.78. The zero-order valence-electron chi connectivity index (χ0n) is 9.16. The van der Waals surface area contributed by atoms with Crippen LogP contribution in [0.5, 0.6) is 0 Å². The molecule has 0 atom stereocenters. The molecule has 2 nitrogen and oxygen atoms in total. The second-order valence-corrected chi connectivity index (χ2v) is 4.18. The summed E-state index contributed by atoms with van der Waals surface area (Å²) in [5, 5.41) is 0. The van der Waals surface area contributed by atoms with Crippen molar-refractivity contribution in [3.63, 3.8) is 0 Å². The Morgan fingerprint density at radius 1 is 1.20 bits per heavy atom. The molecule has 78 valence electrons. The zero-order chi connectivity index (χ0) is 11.0. The van der Waals surface area contributed by atoms with Crippen LogP contribution in [-0.2, 0) is 0 Å². The predicted molar refractivity (Wildman–Crippen MR) is 65.2 cm³/mol. The van der Waals surface area contributed by atoms with Gasteiger partial charge < -0.3 is 4.98 Å². The molecule has 0 saturated heterocycles. The summed E-state index contributed by atoms with van der Waals surface area (Å²) in [5.41, 5.74) is 4.86. The fraction of sp³-hybridized carbons (Fsp3) is 0.250. The van der Waals surface area contributed by atoms with Gasteiger partial charge in [-0.2, -0.15) is 0 Å². The Bertz CT molecular complexity index is 549. The molecule has 1 N–H and O–H groups in total. The third-order valence-corrected chi connectivity index (χ3v) is 3.08. The minimum atomic E-state index is 0.751. The molecule has 0 amide bonds. The number of imidazole rings is 1. The molecule has 0 aliphatic heterocycles. The van der Waals surface area contributed by atoms with Gasteiger partial charge in [-0.1, -0.05) is 12.1 Å². The number of hydrogen-bond donors (Lipinski definition) is 1. The van der Waals surface area contributed by atoms with Crippen LogP contribution in [0.25, 0.3) is 5.69 Å². The zero-order valence-corrected chi connectivity index (χ0v) is 9.98. The summed E-state index contributed by atoms with van der Waals surface area (Å²) in [7, 11) is 0. The lowest BCUT2D eigenvalue weighted by atomic mass is 10.1. The van der Waals surface area contributed by atoms with E-state index in [1.165, 1.54) is 16.8 Å². The largest absolute Gasteiger partial charge is 0.337 e. The van der Waals surface area contributed by atoms with Crippen LogP contribution in [0, 0.1) is 25.5 Å². The van der Waals surface area contributed by atoms with Crippen LogP contribution in [0.15, 0.2) is 24.4 Å². The number of nitrogens with zero attached hydrogens (tertiary/aromatic N) is 1. The Hall–Kier alpha value is -1.35. The molecule has 1 aromatic carbocycles. The lowest BCUT2D eigenvalue weighted by Crippen LogP contribution is -2.00. The molecular formula is C12H14N2S. The molecule has 0 aliphatic carbocycles. The standard InChI is InChI=1S/C12H14N2S/c1-8-5-4-6-11(10(8)3)14-9(2)7-13-12(14)15/h4-7H,1-3H3,(H,13,15). The Morgan fingerprint density at radius 3 is 2.53 bits per heavy atom. The van der Waals surface area contributed by atoms with Gasteiger partial charge in [-0.15, -0.1) is 0 Å². The molecule has 0 aliphatic rings. The van der Waals surface area contributed by atoms with E-state index >= 15 is 0 Å². The molecule has 1 heterocycles. The SMILES string of the molecule is Cc1cccc(-n2c(C)c[nH]c2=S)c1C. The van der Waals surface area contributed by atoms with Gasteiger partial charge in [-0.05, 0) is 50.2 Å². The van der Waals surface area contributed by atoms with Crippen LogP contribution in [0.1, 0.15) is 16.8 Å². The number of benzene rings is 1. The van der Waals surface area contributed by atoms with E-state index in [-0.39, 0.29) is 0 Å². The smallest absolute Gasteiger partial charge is 0.182 e. The second-order valence-electron chi connectivity index (χ2n) is 3.79. The second kappa shape index (κ2) is 3.66. The van der Waals surface area contributed by atoms with Crippen molar-refractivity contribution in [1.82, 2.24) is 9.55 Å². The quantitative estimate of drug-likeness (QED) is 0.727. The molecule has 0 fully saturated rings. The lowest BCUT2D eigenvalue weighted by molar-refractivity contribution is 0.969. The predicted octanol–water partition coefficient (Wildman–Crippen LogP) is 3.46. The molecule has 0 saturated carbocycles. The molecular weight excluding hydrogens is 204 g/mol. The average Bonchev–Trinajstić information content (AvgIpc) is 2.52. The van der Waals surface area contributed by atoms with Gasteiger partial charge in [-0.3, -0.25) is 4.57 Å². The van der Waals surface area contributed by atoms with Crippen molar-refractivity contribution in [2.75, 3.05) is 0 Å². The van der Waals surface area contributed by atoms with Gasteiger partial charge in [0.1, 0.15) is 0 Å². The molecule has 0 radical (unpaired) electrons. The maximum absolute atomic E-state index is 5.27. The number of H-pyrrole nitrogens is 1. The van der Waals surface area contributed by atoms with Gasteiger partial charge in [0.15, 0.2) is 4.77 Å². The van der Waals surface area contributed by atoms with E-state index in [4.69, 9.17) is 12.2 Å². The van der Waals surface area contributed by atoms with Gasteiger partial charge in [0.2, 0.25) is 0 Å². The highest BCUT2D eigenvalue weighted by Gasteiger charge is 2.06. The van der Waals surface area contributed by atoms with Crippen molar-refractivity contribution in [2.24, 2.45) is 0 Å². The minimum Gasteiger partial charge on any atom is -0.337 e. The van der Waals surface area contributed by atoms with E-state index in [0.29, 0.717) is 0 Å². The number of aromatic nitrogens is 2. The monoisotopic (exact) mass is 218 g/mol. The summed E-state index contributed by atoms with van der Waals surface area (Å²) < 4.78 is 2.82. The van der Waals surface area contributed by atoms with Gasteiger partial charge in [-0.25, -0.2) is 0 Å². The Morgan fingerprint density at radius 2 is 1.93 bits per heavy atom. The van der Waals surface area contributed by atoms with Gasteiger partial charge in [0.25, 0.3) is 0 Å². The van der Waals surface area contributed by atoms with E-state index in [1.807, 2.05) is 13.1 Å². The molecule has 3 heteroatoms. The van der Waals surface area contributed by atoms with Gasteiger partial charge in [0.05, 0.1) is 5.69 Å². The molecule has 0 bridgehead atoms. The first-order chi connectivity index (χ1) is 7.11. The maximum atomic E-state index is 5.27. The first kappa shape index (κ1) is 10.2. The van der Waals surface area contributed by atoms with E-state index in [1.54, 1.807) is 0 Å². The van der Waals surface area contributed by atoms with Gasteiger partial charge in [0, 0.05) is 11.9 Å². The summed E-state index contributed by atoms with van der Waals surface area (Å²) in [4.78, 5) is 3.06. The van der Waals surface area contributed by atoms with Crippen LogP contribution < -0.4 is 0 Å². The summed E-state index contributed by atoms with van der Waals surface area (Å²) in [6.07, 6.45) is 1.93. The summed E-state index contributed by atoms with van der Waals surface area (Å²) in [5.74, 6) is 0. The van der Waals surface area contributed by atoms with E-state index in [2.05, 4.69) is 41.6 Å². The molecule has 15 heavy (non-hydrogen) atoms. The maximum Gasteiger partial charge on any atom is 0.182 e. The third kappa shape index (κ3) is 1.63. The van der Waals surface area contributed by atoms with E-state index in [0.717, 1.165) is 10.5 Å². The number of nitrogens with one attached hydrogen (secondary N) is 1. The number of aromatic amines is 1. The minimum absolute atomic E-state index is 0.751. The van der Waals surface area contributed by atoms with E-state index in [9.17, 15) is 0 Å². The number of hydrogen-bond acceptors (Lipinski definition) is 1. The van der Waals surface area contributed by atoms with Crippen LogP contribution in [0.4, 0.5) is 0 Å². The Balaban J connectivity index is 2.75. The summed E-state index contributed by atoms with van der Waals surface area (Å²) in [6.45, 7) is 6.29. The first-order valence-corrected chi connectivity index (χ1v) is 5.35. The van der Waals surface area contributed by atoms with Crippen molar-refractivity contribution in [1.29, 1.82) is 0 Å². The number of rotatable bonds is 1. The highest BCUT2D eigenvalue weighted by atomic mass is 32.1.